The highest BCUT2D eigenvalue weighted by Crippen LogP contribution is 2.24. The first-order valence-electron chi connectivity index (χ1n) is 6.79. The Labute approximate surface area is 132 Å². The van der Waals surface area contributed by atoms with E-state index in [0.29, 0.717) is 23.9 Å². The summed E-state index contributed by atoms with van der Waals surface area (Å²) in [5, 5.41) is 3.28. The van der Waals surface area contributed by atoms with Crippen LogP contribution in [0.2, 0.25) is 5.02 Å². The van der Waals surface area contributed by atoms with Gasteiger partial charge in [0.25, 0.3) is 0 Å². The zero-order valence-electron chi connectivity index (χ0n) is 12.9. The van der Waals surface area contributed by atoms with Gasteiger partial charge in [0.2, 0.25) is 10.0 Å². The van der Waals surface area contributed by atoms with Gasteiger partial charge in [-0.05, 0) is 40.1 Å². The van der Waals surface area contributed by atoms with Gasteiger partial charge in [0, 0.05) is 26.3 Å². The third-order valence-electron chi connectivity index (χ3n) is 2.95. The van der Waals surface area contributed by atoms with Crippen LogP contribution in [0, 0.1) is 0 Å². The van der Waals surface area contributed by atoms with Gasteiger partial charge < -0.3 is 10.2 Å². The van der Waals surface area contributed by atoms with Crippen LogP contribution in [0.15, 0.2) is 17.2 Å². The Hall–Kier alpha value is -0.890. The molecule has 0 fully saturated rings. The van der Waals surface area contributed by atoms with Crippen LogP contribution in [0.1, 0.15) is 13.3 Å². The molecule has 0 spiro atoms. The molecule has 0 amide bonds. The van der Waals surface area contributed by atoms with Crippen LogP contribution >= 0.6 is 11.6 Å². The molecule has 0 aliphatic heterocycles. The summed E-state index contributed by atoms with van der Waals surface area (Å²) >= 11 is 6.05. The standard InChI is InChI=1S/C13H23ClN4O2S/c1-5-15-13-12(14)9-11(10-16-13)21(19,20)18(4)8-6-7-17(2)3/h9-10H,5-8H2,1-4H3,(H,15,16). The molecule has 0 unspecified atom stereocenters. The summed E-state index contributed by atoms with van der Waals surface area (Å²) in [5.74, 6) is 0.494. The molecule has 0 atom stereocenters. The van der Waals surface area contributed by atoms with E-state index < -0.39 is 10.0 Å². The molecule has 21 heavy (non-hydrogen) atoms. The molecule has 1 N–H and O–H groups in total. The van der Waals surface area contributed by atoms with Gasteiger partial charge in [-0.2, -0.15) is 0 Å². The second-order valence-electron chi connectivity index (χ2n) is 5.02. The highest BCUT2D eigenvalue weighted by atomic mass is 35.5. The molecule has 0 aromatic carbocycles. The fourth-order valence-corrected chi connectivity index (χ4v) is 3.25. The van der Waals surface area contributed by atoms with Gasteiger partial charge in [-0.1, -0.05) is 11.6 Å². The van der Waals surface area contributed by atoms with Crippen molar-refractivity contribution in [2.75, 3.05) is 46.1 Å². The lowest BCUT2D eigenvalue weighted by Gasteiger charge is -2.18. The summed E-state index contributed by atoms with van der Waals surface area (Å²) in [4.78, 5) is 6.20. The van der Waals surface area contributed by atoms with E-state index in [1.807, 2.05) is 25.9 Å². The highest BCUT2D eigenvalue weighted by molar-refractivity contribution is 7.89. The highest BCUT2D eigenvalue weighted by Gasteiger charge is 2.22. The SMILES string of the molecule is CCNc1ncc(S(=O)(=O)N(C)CCCN(C)C)cc1Cl. The summed E-state index contributed by atoms with van der Waals surface area (Å²) in [7, 11) is 1.93. The molecule has 1 aromatic rings. The number of anilines is 1. The Balaban J connectivity index is 2.84. The van der Waals surface area contributed by atoms with Crippen LogP contribution in [0.5, 0.6) is 0 Å². The quantitative estimate of drug-likeness (QED) is 0.784. The topological polar surface area (TPSA) is 65.5 Å². The van der Waals surface area contributed by atoms with Gasteiger partial charge in [0.1, 0.15) is 10.7 Å². The molecule has 0 aliphatic carbocycles. The van der Waals surface area contributed by atoms with E-state index in [1.165, 1.54) is 16.6 Å². The molecule has 8 heteroatoms. The third kappa shape index (κ3) is 5.10. The average molecular weight is 335 g/mol. The van der Waals surface area contributed by atoms with Crippen LogP contribution < -0.4 is 5.32 Å². The zero-order chi connectivity index (χ0) is 16.0. The van der Waals surface area contributed by atoms with E-state index in [1.54, 1.807) is 7.05 Å². The first-order valence-corrected chi connectivity index (χ1v) is 8.61. The van der Waals surface area contributed by atoms with Crippen molar-refractivity contribution < 1.29 is 8.42 Å². The number of hydrogen-bond donors (Lipinski definition) is 1. The van der Waals surface area contributed by atoms with Crippen LogP contribution in [-0.2, 0) is 10.0 Å². The van der Waals surface area contributed by atoms with E-state index in [2.05, 4.69) is 10.3 Å². The minimum atomic E-state index is -3.55. The Kier molecular flexibility index (Phi) is 6.86. The maximum Gasteiger partial charge on any atom is 0.244 e. The van der Waals surface area contributed by atoms with Crippen molar-refractivity contribution in [3.05, 3.63) is 17.3 Å². The number of aromatic nitrogens is 1. The summed E-state index contributed by atoms with van der Waals surface area (Å²) < 4.78 is 26.2. The Morgan fingerprint density at radius 2 is 1.95 bits per heavy atom. The summed E-state index contributed by atoms with van der Waals surface area (Å²) in [6.07, 6.45) is 2.10. The van der Waals surface area contributed by atoms with Crippen molar-refractivity contribution >= 4 is 27.4 Å². The third-order valence-corrected chi connectivity index (χ3v) is 5.06. The Morgan fingerprint density at radius 3 is 2.48 bits per heavy atom. The number of nitrogens with one attached hydrogen (secondary N) is 1. The molecule has 0 radical (unpaired) electrons. The Morgan fingerprint density at radius 1 is 1.29 bits per heavy atom. The van der Waals surface area contributed by atoms with Crippen molar-refractivity contribution in [1.29, 1.82) is 0 Å². The average Bonchev–Trinajstić information content (AvgIpc) is 2.40. The molecule has 1 aromatic heterocycles. The van der Waals surface area contributed by atoms with E-state index >= 15 is 0 Å². The second-order valence-corrected chi connectivity index (χ2v) is 7.47. The minimum absolute atomic E-state index is 0.113. The first kappa shape index (κ1) is 18.2. The lowest BCUT2D eigenvalue weighted by atomic mass is 10.4. The molecule has 0 bridgehead atoms. The van der Waals surface area contributed by atoms with Gasteiger partial charge in [-0.3, -0.25) is 0 Å². The number of hydrogen-bond acceptors (Lipinski definition) is 5. The number of rotatable bonds is 8. The van der Waals surface area contributed by atoms with Crippen LogP contribution in [0.4, 0.5) is 5.82 Å². The predicted octanol–water partition coefficient (Wildman–Crippen LogP) is 1.74. The number of nitrogens with zero attached hydrogens (tertiary/aromatic N) is 3. The fourth-order valence-electron chi connectivity index (χ4n) is 1.77. The van der Waals surface area contributed by atoms with Gasteiger partial charge in [0.05, 0.1) is 5.02 Å². The summed E-state index contributed by atoms with van der Waals surface area (Å²) in [6, 6.07) is 1.43. The van der Waals surface area contributed by atoms with Crippen molar-refractivity contribution in [2.24, 2.45) is 0 Å². The Bertz CT molecular complexity index is 563. The predicted molar refractivity (Wildman–Crippen MR) is 86.4 cm³/mol. The number of halogens is 1. The fraction of sp³-hybridized carbons (Fsp3) is 0.615. The normalized spacial score (nSPS) is 12.1. The zero-order valence-corrected chi connectivity index (χ0v) is 14.5. The van der Waals surface area contributed by atoms with Crippen molar-refractivity contribution in [3.63, 3.8) is 0 Å². The van der Waals surface area contributed by atoms with Gasteiger partial charge in [0.15, 0.2) is 0 Å². The summed E-state index contributed by atoms with van der Waals surface area (Å²) in [6.45, 7) is 3.87. The van der Waals surface area contributed by atoms with Crippen LogP contribution in [-0.4, -0.2) is 63.4 Å². The number of sulfonamides is 1. The van der Waals surface area contributed by atoms with E-state index in [-0.39, 0.29) is 4.90 Å². The molecule has 0 saturated carbocycles. The van der Waals surface area contributed by atoms with Crippen molar-refractivity contribution in [3.8, 4) is 0 Å². The van der Waals surface area contributed by atoms with E-state index in [9.17, 15) is 8.42 Å². The smallest absolute Gasteiger partial charge is 0.244 e. The first-order chi connectivity index (χ1) is 9.78. The largest absolute Gasteiger partial charge is 0.369 e. The van der Waals surface area contributed by atoms with Crippen molar-refractivity contribution in [2.45, 2.75) is 18.2 Å². The van der Waals surface area contributed by atoms with Gasteiger partial charge in [-0.15, -0.1) is 0 Å². The lowest BCUT2D eigenvalue weighted by molar-refractivity contribution is 0.370. The minimum Gasteiger partial charge on any atom is -0.369 e. The van der Waals surface area contributed by atoms with Crippen LogP contribution in [0.3, 0.4) is 0 Å². The monoisotopic (exact) mass is 334 g/mol. The van der Waals surface area contributed by atoms with Gasteiger partial charge >= 0.3 is 0 Å². The molecule has 1 heterocycles. The van der Waals surface area contributed by atoms with E-state index in [4.69, 9.17) is 11.6 Å². The molecule has 6 nitrogen and oxygen atoms in total. The molecular weight excluding hydrogens is 312 g/mol. The maximum atomic E-state index is 12.4. The second kappa shape index (κ2) is 7.93. The molecule has 0 saturated heterocycles. The lowest BCUT2D eigenvalue weighted by Crippen LogP contribution is -2.30. The van der Waals surface area contributed by atoms with Gasteiger partial charge in [-0.25, -0.2) is 17.7 Å². The van der Waals surface area contributed by atoms with E-state index in [0.717, 1.165) is 13.0 Å². The van der Waals surface area contributed by atoms with Crippen LogP contribution in [0.25, 0.3) is 0 Å². The number of pyridine rings is 1. The maximum absolute atomic E-state index is 12.4. The molecule has 1 rings (SSSR count). The van der Waals surface area contributed by atoms with Crippen molar-refractivity contribution in [1.82, 2.24) is 14.2 Å². The molecular formula is C13H23ClN4O2S. The molecule has 0 aliphatic rings. The molecule has 120 valence electrons. The summed E-state index contributed by atoms with van der Waals surface area (Å²) in [5.41, 5.74) is 0.